The molecule has 0 saturated carbocycles. The van der Waals surface area contributed by atoms with Crippen molar-refractivity contribution in [1.82, 2.24) is 5.09 Å². The van der Waals surface area contributed by atoms with Crippen molar-refractivity contribution in [2.24, 2.45) is 0 Å². The van der Waals surface area contributed by atoms with Gasteiger partial charge in [0.1, 0.15) is 0 Å². The van der Waals surface area contributed by atoms with Crippen molar-refractivity contribution in [2.45, 2.75) is 0 Å². The molecule has 0 atom stereocenters. The molecule has 0 aromatic heterocycles. The van der Waals surface area contributed by atoms with Gasteiger partial charge in [-0.1, -0.05) is 0 Å². The molecule has 0 amide bonds. The summed E-state index contributed by atoms with van der Waals surface area (Å²) >= 11 is 0. The molecule has 1 N–H and O–H groups in total. The van der Waals surface area contributed by atoms with E-state index in [-0.39, 0.29) is 0 Å². The van der Waals surface area contributed by atoms with Crippen LogP contribution in [0.1, 0.15) is 0 Å². The van der Waals surface area contributed by atoms with Crippen molar-refractivity contribution in [3.05, 3.63) is 91.0 Å². The Bertz CT molecular complexity index is 680. The van der Waals surface area contributed by atoms with Crippen molar-refractivity contribution in [1.29, 1.82) is 0 Å². The summed E-state index contributed by atoms with van der Waals surface area (Å²) in [6.45, 7) is -1.49. The third-order valence-corrected chi connectivity index (χ3v) is 9.99. The zero-order valence-electron chi connectivity index (χ0n) is 12.9. The quantitative estimate of drug-likeness (QED) is 0.749. The normalized spacial score (nSPS) is 20.4. The number of nitrogens with one attached hydrogen (secondary N) is 1. The van der Waals surface area contributed by atoms with Crippen molar-refractivity contribution in [3.8, 4) is 0 Å². The van der Waals surface area contributed by atoms with Crippen LogP contribution < -0.4 is 21.0 Å². The Balaban J connectivity index is 2.12. The fourth-order valence-electron chi connectivity index (χ4n) is 3.61. The molecule has 1 saturated heterocycles. The monoisotopic (exact) mass is 321 g/mol. The number of benzene rings is 3. The minimum atomic E-state index is -3.06. The number of hydrogen-bond donors (Lipinski definition) is 1. The van der Waals surface area contributed by atoms with Crippen LogP contribution in [0.3, 0.4) is 0 Å². The van der Waals surface area contributed by atoms with Gasteiger partial charge in [-0.25, -0.2) is 0 Å². The van der Waals surface area contributed by atoms with Gasteiger partial charge in [-0.15, -0.1) is 0 Å². The van der Waals surface area contributed by atoms with Crippen molar-refractivity contribution < 1.29 is 4.52 Å². The van der Waals surface area contributed by atoms with E-state index in [1.807, 2.05) is 0 Å². The standard InChI is InChI=1S/C20H20NOP/c1-4-10-18(11-5-1)23(21-16-17-22-23,19-12-6-2-7-13-19)20-14-8-3-9-15-20/h1-15,21H,16-17H2. The average Bonchev–Trinajstić information content (AvgIpc) is 3.12. The Morgan fingerprint density at radius 3 is 1.30 bits per heavy atom. The summed E-state index contributed by atoms with van der Waals surface area (Å²) in [5.74, 6) is 0. The molecule has 3 heteroatoms. The summed E-state index contributed by atoms with van der Waals surface area (Å²) in [5, 5.41) is 7.53. The van der Waals surface area contributed by atoms with Gasteiger partial charge in [-0.2, -0.15) is 0 Å². The van der Waals surface area contributed by atoms with Crippen molar-refractivity contribution >= 4 is 22.9 Å². The molecule has 23 heavy (non-hydrogen) atoms. The summed E-state index contributed by atoms with van der Waals surface area (Å²) in [5.41, 5.74) is 0. The molecular formula is C20H20NOP. The Kier molecular flexibility index (Phi) is 3.54. The van der Waals surface area contributed by atoms with Crippen LogP contribution >= 0.6 is 6.98 Å². The molecule has 0 radical (unpaired) electrons. The topological polar surface area (TPSA) is 21.3 Å². The molecular weight excluding hydrogens is 301 g/mol. The fourth-order valence-corrected chi connectivity index (χ4v) is 8.79. The van der Waals surface area contributed by atoms with Crippen LogP contribution in [0.15, 0.2) is 91.0 Å². The van der Waals surface area contributed by atoms with Crippen molar-refractivity contribution in [3.63, 3.8) is 0 Å². The van der Waals surface area contributed by atoms with Crippen LogP contribution in [0.4, 0.5) is 0 Å². The molecule has 0 spiro atoms. The Hall–Kier alpha value is -1.99. The molecule has 0 unspecified atom stereocenters. The van der Waals surface area contributed by atoms with E-state index in [0.29, 0.717) is 0 Å². The second kappa shape index (κ2) is 5.58. The van der Waals surface area contributed by atoms with E-state index in [1.165, 1.54) is 15.9 Å². The van der Waals surface area contributed by atoms with E-state index >= 15 is 0 Å². The molecule has 4 rings (SSSR count). The van der Waals surface area contributed by atoms with Gasteiger partial charge in [0, 0.05) is 0 Å². The van der Waals surface area contributed by atoms with Gasteiger partial charge in [-0.3, -0.25) is 0 Å². The second-order valence-electron chi connectivity index (χ2n) is 5.78. The van der Waals surface area contributed by atoms with Crippen LogP contribution in [-0.2, 0) is 4.52 Å². The summed E-state index contributed by atoms with van der Waals surface area (Å²) in [7, 11) is 0. The van der Waals surface area contributed by atoms with Gasteiger partial charge >= 0.3 is 137 Å². The van der Waals surface area contributed by atoms with Gasteiger partial charge in [0.05, 0.1) is 0 Å². The average molecular weight is 321 g/mol. The third-order valence-electron chi connectivity index (χ3n) is 4.61. The minimum absolute atomic E-state index is 0.719. The molecule has 116 valence electrons. The van der Waals surface area contributed by atoms with Crippen LogP contribution in [0, 0.1) is 0 Å². The molecule has 0 bridgehead atoms. The van der Waals surface area contributed by atoms with Crippen LogP contribution in [0.2, 0.25) is 0 Å². The first-order valence-electron chi connectivity index (χ1n) is 7.95. The summed E-state index contributed by atoms with van der Waals surface area (Å²) < 4.78 is 6.71. The molecule has 3 aromatic rings. The van der Waals surface area contributed by atoms with Crippen LogP contribution in [0.25, 0.3) is 0 Å². The molecule has 0 aliphatic carbocycles. The third kappa shape index (κ3) is 2.00. The first-order chi connectivity index (χ1) is 11.4. The first kappa shape index (κ1) is 14.6. The molecule has 1 aliphatic rings. The van der Waals surface area contributed by atoms with Gasteiger partial charge in [0.15, 0.2) is 0 Å². The van der Waals surface area contributed by atoms with E-state index < -0.39 is 6.98 Å². The first-order valence-corrected chi connectivity index (χ1v) is 10.1. The predicted molar refractivity (Wildman–Crippen MR) is 99.1 cm³/mol. The van der Waals surface area contributed by atoms with Crippen LogP contribution in [-0.4, -0.2) is 13.2 Å². The predicted octanol–water partition coefficient (Wildman–Crippen LogP) is 2.97. The SMILES string of the molecule is c1ccc(P2(c3ccccc3)(c3ccccc3)NCCO2)cc1. The van der Waals surface area contributed by atoms with E-state index in [0.717, 1.165) is 13.2 Å². The van der Waals surface area contributed by atoms with E-state index in [9.17, 15) is 0 Å². The van der Waals surface area contributed by atoms with Crippen molar-refractivity contribution in [2.75, 3.05) is 13.2 Å². The summed E-state index contributed by atoms with van der Waals surface area (Å²) in [4.78, 5) is 0. The van der Waals surface area contributed by atoms with E-state index in [1.54, 1.807) is 0 Å². The Morgan fingerprint density at radius 1 is 0.609 bits per heavy atom. The van der Waals surface area contributed by atoms with E-state index in [2.05, 4.69) is 96.1 Å². The van der Waals surface area contributed by atoms with Gasteiger partial charge in [-0.05, 0) is 0 Å². The zero-order valence-corrected chi connectivity index (χ0v) is 13.8. The maximum absolute atomic E-state index is 6.71. The van der Waals surface area contributed by atoms with E-state index in [4.69, 9.17) is 4.52 Å². The Morgan fingerprint density at radius 2 is 1.00 bits per heavy atom. The van der Waals surface area contributed by atoms with Crippen LogP contribution in [0.5, 0.6) is 0 Å². The second-order valence-corrected chi connectivity index (χ2v) is 9.98. The Labute approximate surface area is 137 Å². The molecule has 1 aliphatic heterocycles. The molecule has 1 heterocycles. The zero-order chi connectivity index (χ0) is 15.6. The molecule has 1 fully saturated rings. The van der Waals surface area contributed by atoms with Gasteiger partial charge in [0.25, 0.3) is 0 Å². The molecule has 3 aromatic carbocycles. The summed E-state index contributed by atoms with van der Waals surface area (Å²) in [6.07, 6.45) is 0. The summed E-state index contributed by atoms with van der Waals surface area (Å²) in [6, 6.07) is 31.9. The maximum atomic E-state index is 6.71. The van der Waals surface area contributed by atoms with Gasteiger partial charge in [0.2, 0.25) is 0 Å². The number of hydrogen-bond acceptors (Lipinski definition) is 2. The number of rotatable bonds is 3. The van der Waals surface area contributed by atoms with Gasteiger partial charge < -0.3 is 0 Å². The molecule has 2 nitrogen and oxygen atoms in total. The fraction of sp³-hybridized carbons (Fsp3) is 0.100.